The molecule has 8 heteroatoms. The lowest BCUT2D eigenvalue weighted by Crippen LogP contribution is -1.94. The fourth-order valence-electron chi connectivity index (χ4n) is 2.43. The minimum absolute atomic E-state index is 0.365. The molecule has 0 saturated heterocycles. The molecule has 25 heavy (non-hydrogen) atoms. The number of hydrogen-bond donors (Lipinski definition) is 1. The minimum atomic E-state index is 0.365. The highest BCUT2D eigenvalue weighted by Crippen LogP contribution is 2.26. The van der Waals surface area contributed by atoms with Gasteiger partial charge in [0.2, 0.25) is 5.13 Å². The summed E-state index contributed by atoms with van der Waals surface area (Å²) in [6.45, 7) is 4.20. The van der Waals surface area contributed by atoms with E-state index in [4.69, 9.17) is 0 Å². The first-order valence-electron chi connectivity index (χ1n) is 7.95. The van der Waals surface area contributed by atoms with Crippen molar-refractivity contribution >= 4 is 33.3 Å². The zero-order chi connectivity index (χ0) is 17.4. The number of anilines is 2. The Bertz CT molecular complexity index is 1030. The van der Waals surface area contributed by atoms with Crippen LogP contribution in [0, 0.1) is 0 Å². The molecule has 7 nitrogen and oxygen atoms in total. The molecule has 0 aliphatic heterocycles. The molecule has 0 amide bonds. The number of aromatic nitrogens is 6. The van der Waals surface area contributed by atoms with Crippen LogP contribution in [-0.4, -0.2) is 29.9 Å². The van der Waals surface area contributed by atoms with Crippen LogP contribution >= 0.6 is 11.3 Å². The van der Waals surface area contributed by atoms with E-state index >= 15 is 0 Å². The summed E-state index contributed by atoms with van der Waals surface area (Å²) >= 11 is 1.54. The molecule has 4 aromatic heterocycles. The fraction of sp³-hybridized carbons (Fsp3) is 0.235. The predicted octanol–water partition coefficient (Wildman–Crippen LogP) is 3.75. The molecule has 0 saturated carbocycles. The molecule has 0 bridgehead atoms. The van der Waals surface area contributed by atoms with Gasteiger partial charge in [-0.15, -0.1) is 10.2 Å². The highest BCUT2D eigenvalue weighted by atomic mass is 32.1. The third-order valence-electron chi connectivity index (χ3n) is 3.75. The van der Waals surface area contributed by atoms with E-state index in [-0.39, 0.29) is 0 Å². The van der Waals surface area contributed by atoms with E-state index in [1.165, 1.54) is 0 Å². The van der Waals surface area contributed by atoms with Gasteiger partial charge in [0.15, 0.2) is 0 Å². The summed E-state index contributed by atoms with van der Waals surface area (Å²) in [7, 11) is 1.89. The maximum absolute atomic E-state index is 4.66. The predicted molar refractivity (Wildman–Crippen MR) is 99.0 cm³/mol. The van der Waals surface area contributed by atoms with Crippen LogP contribution < -0.4 is 5.32 Å². The zero-order valence-corrected chi connectivity index (χ0v) is 14.9. The Morgan fingerprint density at radius 1 is 1.08 bits per heavy atom. The number of hydrogen-bond acceptors (Lipinski definition) is 7. The van der Waals surface area contributed by atoms with Crippen molar-refractivity contribution in [2.75, 3.05) is 5.32 Å². The summed E-state index contributed by atoms with van der Waals surface area (Å²) in [6, 6.07) is 5.86. The number of aryl methyl sites for hydroxylation is 1. The van der Waals surface area contributed by atoms with Gasteiger partial charge in [-0.25, -0.2) is 4.98 Å². The smallest absolute Gasteiger partial charge is 0.211 e. The van der Waals surface area contributed by atoms with Gasteiger partial charge < -0.3 is 5.32 Å². The van der Waals surface area contributed by atoms with Gasteiger partial charge in [-0.2, -0.15) is 5.10 Å². The first-order valence-corrected chi connectivity index (χ1v) is 8.76. The highest BCUT2D eigenvalue weighted by Gasteiger charge is 2.09. The van der Waals surface area contributed by atoms with Crippen molar-refractivity contribution in [3.8, 4) is 11.1 Å². The number of nitrogens with one attached hydrogen (secondary N) is 1. The molecule has 0 aliphatic carbocycles. The average molecular weight is 351 g/mol. The lowest BCUT2D eigenvalue weighted by molar-refractivity contribution is 0.768. The Morgan fingerprint density at radius 3 is 2.68 bits per heavy atom. The average Bonchev–Trinajstić information content (AvgIpc) is 3.23. The normalized spacial score (nSPS) is 11.4. The van der Waals surface area contributed by atoms with Gasteiger partial charge in [-0.1, -0.05) is 25.2 Å². The molecule has 0 atom stereocenters. The van der Waals surface area contributed by atoms with E-state index < -0.39 is 0 Å². The number of nitrogens with zero attached hydrogens (tertiary/aromatic N) is 6. The van der Waals surface area contributed by atoms with Gasteiger partial charge in [0.05, 0.1) is 17.2 Å². The van der Waals surface area contributed by atoms with E-state index in [0.717, 1.165) is 38.1 Å². The maximum atomic E-state index is 4.66. The van der Waals surface area contributed by atoms with Crippen LogP contribution in [0.1, 0.15) is 24.8 Å². The Labute approximate surface area is 148 Å². The molecule has 126 valence electrons. The van der Waals surface area contributed by atoms with E-state index in [2.05, 4.69) is 44.4 Å². The van der Waals surface area contributed by atoms with Gasteiger partial charge in [-0.3, -0.25) is 9.67 Å². The first-order chi connectivity index (χ1) is 12.1. The Kier molecular flexibility index (Phi) is 3.89. The maximum Gasteiger partial charge on any atom is 0.211 e. The number of fused-ring (bicyclic) bond motifs is 1. The van der Waals surface area contributed by atoms with Gasteiger partial charge >= 0.3 is 0 Å². The monoisotopic (exact) mass is 351 g/mol. The minimum Gasteiger partial charge on any atom is -0.315 e. The van der Waals surface area contributed by atoms with E-state index in [0.29, 0.717) is 5.92 Å². The van der Waals surface area contributed by atoms with Crippen LogP contribution in [0.3, 0.4) is 0 Å². The Morgan fingerprint density at radius 2 is 1.96 bits per heavy atom. The van der Waals surface area contributed by atoms with Gasteiger partial charge in [-0.05, 0) is 18.2 Å². The SMILES string of the molecule is CC(C)c1nnc(Nc2ccc3ncc(-c4cnn(C)c4)cc3n2)s1. The summed E-state index contributed by atoms with van der Waals surface area (Å²) in [5, 5.41) is 17.5. The van der Waals surface area contributed by atoms with Crippen LogP contribution in [-0.2, 0) is 7.05 Å². The van der Waals surface area contributed by atoms with E-state index in [1.54, 1.807) is 16.0 Å². The van der Waals surface area contributed by atoms with Crippen LogP contribution in [0.5, 0.6) is 0 Å². The number of rotatable bonds is 4. The molecule has 4 aromatic rings. The standard InChI is InChI=1S/C17H17N7S/c1-10(2)16-22-23-17(25-16)21-15-5-4-13-14(20-15)6-11(7-18-13)12-8-19-24(3)9-12/h4-10H,1-3H3,(H,20,21,23). The topological polar surface area (TPSA) is 81.4 Å². The summed E-state index contributed by atoms with van der Waals surface area (Å²) in [6.07, 6.45) is 5.62. The van der Waals surface area contributed by atoms with Gasteiger partial charge in [0, 0.05) is 36.5 Å². The molecule has 0 unspecified atom stereocenters. The molecule has 1 N–H and O–H groups in total. The molecular formula is C17H17N7S. The van der Waals surface area contributed by atoms with Crippen molar-refractivity contribution in [2.45, 2.75) is 19.8 Å². The second-order valence-corrected chi connectivity index (χ2v) is 7.10. The van der Waals surface area contributed by atoms with E-state index in [1.807, 2.05) is 43.8 Å². The molecule has 0 spiro atoms. The van der Waals surface area contributed by atoms with Crippen molar-refractivity contribution < 1.29 is 0 Å². The van der Waals surface area contributed by atoms with Gasteiger partial charge in [0.25, 0.3) is 0 Å². The quantitative estimate of drug-likeness (QED) is 0.603. The van der Waals surface area contributed by atoms with E-state index in [9.17, 15) is 0 Å². The molecule has 0 fully saturated rings. The van der Waals surface area contributed by atoms with Crippen molar-refractivity contribution in [1.29, 1.82) is 0 Å². The Hall–Kier alpha value is -2.87. The van der Waals surface area contributed by atoms with Crippen molar-refractivity contribution in [1.82, 2.24) is 29.9 Å². The van der Waals surface area contributed by atoms with Crippen LogP contribution in [0.4, 0.5) is 10.9 Å². The van der Waals surface area contributed by atoms with Crippen LogP contribution in [0.15, 0.2) is 36.8 Å². The molecule has 0 radical (unpaired) electrons. The third-order valence-corrected chi connectivity index (χ3v) is 4.88. The lowest BCUT2D eigenvalue weighted by Gasteiger charge is -2.04. The molecule has 0 aliphatic rings. The fourth-order valence-corrected chi connectivity index (χ4v) is 3.19. The number of pyridine rings is 2. The summed E-state index contributed by atoms with van der Waals surface area (Å²) < 4.78 is 1.77. The third kappa shape index (κ3) is 3.20. The summed E-state index contributed by atoms with van der Waals surface area (Å²) in [5.41, 5.74) is 3.67. The van der Waals surface area contributed by atoms with Gasteiger partial charge in [0.1, 0.15) is 10.8 Å². The molecule has 4 rings (SSSR count). The van der Waals surface area contributed by atoms with Crippen LogP contribution in [0.2, 0.25) is 0 Å². The Balaban J connectivity index is 1.66. The summed E-state index contributed by atoms with van der Waals surface area (Å²) in [4.78, 5) is 9.15. The lowest BCUT2D eigenvalue weighted by atomic mass is 10.1. The summed E-state index contributed by atoms with van der Waals surface area (Å²) in [5.74, 6) is 1.09. The largest absolute Gasteiger partial charge is 0.315 e. The van der Waals surface area contributed by atoms with Crippen molar-refractivity contribution in [3.05, 3.63) is 41.8 Å². The zero-order valence-electron chi connectivity index (χ0n) is 14.1. The van der Waals surface area contributed by atoms with Crippen molar-refractivity contribution in [2.24, 2.45) is 7.05 Å². The first kappa shape index (κ1) is 15.6. The second kappa shape index (κ2) is 6.21. The highest BCUT2D eigenvalue weighted by molar-refractivity contribution is 7.15. The van der Waals surface area contributed by atoms with Crippen molar-refractivity contribution in [3.63, 3.8) is 0 Å². The second-order valence-electron chi connectivity index (χ2n) is 6.09. The molecule has 0 aromatic carbocycles. The molecule has 4 heterocycles. The molecular weight excluding hydrogens is 334 g/mol. The van der Waals surface area contributed by atoms with Crippen LogP contribution in [0.25, 0.3) is 22.2 Å².